The van der Waals surface area contributed by atoms with Crippen LogP contribution in [0.2, 0.25) is 0 Å². The van der Waals surface area contributed by atoms with Crippen molar-refractivity contribution in [2.45, 2.75) is 26.7 Å². The summed E-state index contributed by atoms with van der Waals surface area (Å²) in [5.41, 5.74) is -0.764. The lowest BCUT2D eigenvalue weighted by Crippen LogP contribution is -2.32. The Morgan fingerprint density at radius 2 is 1.71 bits per heavy atom. The summed E-state index contributed by atoms with van der Waals surface area (Å²) in [6.45, 7) is 4.66. The maximum atomic E-state index is 13.6. The zero-order valence-electron chi connectivity index (χ0n) is 11.8. The molecule has 2 nitrogen and oxygen atoms in total. The molecule has 1 aliphatic heterocycles. The molecule has 0 aliphatic carbocycles. The number of amidine groups is 1. The molecule has 0 unspecified atom stereocenters. The van der Waals surface area contributed by atoms with Gasteiger partial charge in [-0.3, -0.25) is 4.99 Å². The number of halogens is 4. The van der Waals surface area contributed by atoms with Gasteiger partial charge in [0.05, 0.1) is 0 Å². The van der Waals surface area contributed by atoms with Gasteiger partial charge in [0.2, 0.25) is 0 Å². The van der Waals surface area contributed by atoms with Gasteiger partial charge in [-0.1, -0.05) is 25.6 Å². The molecule has 2 rings (SSSR count). The zero-order valence-corrected chi connectivity index (χ0v) is 12.6. The van der Waals surface area contributed by atoms with Crippen LogP contribution in [0.3, 0.4) is 0 Å². The van der Waals surface area contributed by atoms with E-state index >= 15 is 0 Å². The molecule has 1 aliphatic rings. The van der Waals surface area contributed by atoms with E-state index in [1.165, 1.54) is 11.8 Å². The van der Waals surface area contributed by atoms with Gasteiger partial charge in [-0.05, 0) is 18.3 Å². The van der Waals surface area contributed by atoms with Crippen LogP contribution >= 0.6 is 11.8 Å². The fraction of sp³-hybridized carbons (Fsp3) is 0.500. The van der Waals surface area contributed by atoms with E-state index in [2.05, 4.69) is 24.2 Å². The molecule has 0 fully saturated rings. The van der Waals surface area contributed by atoms with Gasteiger partial charge in [0.25, 0.3) is 0 Å². The summed E-state index contributed by atoms with van der Waals surface area (Å²) in [7, 11) is 0. The third-order valence-electron chi connectivity index (χ3n) is 3.92. The highest BCUT2D eigenvalue weighted by atomic mass is 32.2. The van der Waals surface area contributed by atoms with Crippen LogP contribution in [0.4, 0.5) is 23.2 Å². The van der Waals surface area contributed by atoms with Crippen molar-refractivity contribution in [3.63, 3.8) is 0 Å². The molecule has 0 aromatic heterocycles. The van der Waals surface area contributed by atoms with Crippen LogP contribution in [-0.4, -0.2) is 17.5 Å². The number of nitrogens with one attached hydrogen (secondary N) is 1. The van der Waals surface area contributed by atoms with Gasteiger partial charge in [0.1, 0.15) is 5.69 Å². The monoisotopic (exact) mass is 320 g/mol. The standard InChI is InChI=1S/C14H16F4N2S/c1-3-14(4-2)6-19-13(21-7-14)20-12-10(17)8(15)5-9(16)11(12)18/h5H,3-4,6-7H2,1-2H3,(H,19,20). The highest BCUT2D eigenvalue weighted by Gasteiger charge is 2.31. The molecule has 0 atom stereocenters. The Balaban J connectivity index is 2.23. The summed E-state index contributed by atoms with van der Waals surface area (Å²) in [6.07, 6.45) is 1.90. The zero-order chi connectivity index (χ0) is 15.6. The first-order valence-corrected chi connectivity index (χ1v) is 7.68. The van der Waals surface area contributed by atoms with Crippen LogP contribution in [0.15, 0.2) is 11.1 Å². The Labute approximate surface area is 125 Å². The van der Waals surface area contributed by atoms with Crippen LogP contribution in [0.1, 0.15) is 26.7 Å². The Bertz CT molecular complexity index is 544. The first-order chi connectivity index (χ1) is 9.92. The van der Waals surface area contributed by atoms with Crippen molar-refractivity contribution in [2.75, 3.05) is 17.6 Å². The fourth-order valence-electron chi connectivity index (χ4n) is 2.10. The van der Waals surface area contributed by atoms with Crippen LogP contribution < -0.4 is 5.32 Å². The first kappa shape index (κ1) is 16.1. The number of anilines is 1. The highest BCUT2D eigenvalue weighted by molar-refractivity contribution is 8.14. The third-order valence-corrected chi connectivity index (χ3v) is 5.18. The average Bonchev–Trinajstić information content (AvgIpc) is 2.50. The molecule has 116 valence electrons. The molecule has 0 radical (unpaired) electrons. The summed E-state index contributed by atoms with van der Waals surface area (Å²) in [5, 5.41) is 2.64. The quantitative estimate of drug-likeness (QED) is 0.652. The Kier molecular flexibility index (Phi) is 4.81. The van der Waals surface area contributed by atoms with Crippen LogP contribution in [-0.2, 0) is 0 Å². The van der Waals surface area contributed by atoms with Gasteiger partial charge in [-0.2, -0.15) is 0 Å². The third kappa shape index (κ3) is 3.17. The Morgan fingerprint density at radius 1 is 1.14 bits per heavy atom. The predicted molar refractivity (Wildman–Crippen MR) is 77.7 cm³/mol. The topological polar surface area (TPSA) is 24.4 Å². The lowest BCUT2D eigenvalue weighted by molar-refractivity contribution is 0.318. The average molecular weight is 320 g/mol. The van der Waals surface area contributed by atoms with E-state index in [9.17, 15) is 17.6 Å². The van der Waals surface area contributed by atoms with Gasteiger partial charge in [-0.15, -0.1) is 0 Å². The SMILES string of the molecule is CCC1(CC)CN=C(Nc2c(F)c(F)cc(F)c2F)SC1. The van der Waals surface area contributed by atoms with Gasteiger partial charge in [0.15, 0.2) is 28.4 Å². The molecule has 0 spiro atoms. The number of nitrogens with zero attached hydrogens (tertiary/aromatic N) is 1. The van der Waals surface area contributed by atoms with Gasteiger partial charge in [-0.25, -0.2) is 17.6 Å². The van der Waals surface area contributed by atoms with Crippen molar-refractivity contribution in [1.82, 2.24) is 0 Å². The summed E-state index contributed by atoms with van der Waals surface area (Å²) in [5.74, 6) is -5.02. The smallest absolute Gasteiger partial charge is 0.185 e. The molecule has 1 aromatic rings. The Morgan fingerprint density at radius 3 is 2.14 bits per heavy atom. The van der Waals surface area contributed by atoms with E-state index in [4.69, 9.17) is 0 Å². The molecule has 1 aromatic carbocycles. The second kappa shape index (κ2) is 6.25. The van der Waals surface area contributed by atoms with Gasteiger partial charge in [0, 0.05) is 18.4 Å². The van der Waals surface area contributed by atoms with Crippen LogP contribution in [0.25, 0.3) is 0 Å². The molecule has 0 bridgehead atoms. The van der Waals surface area contributed by atoms with E-state index in [0.717, 1.165) is 18.6 Å². The minimum Gasteiger partial charge on any atom is -0.330 e. The second-order valence-corrected chi connectivity index (χ2v) is 6.05. The Hall–Kier alpha value is -1.24. The van der Waals surface area contributed by atoms with Crippen LogP contribution in [0, 0.1) is 28.7 Å². The summed E-state index contributed by atoms with van der Waals surface area (Å²) < 4.78 is 53.4. The summed E-state index contributed by atoms with van der Waals surface area (Å²) in [6, 6.07) is 0.185. The summed E-state index contributed by atoms with van der Waals surface area (Å²) >= 11 is 1.30. The van der Waals surface area contributed by atoms with E-state index in [0.29, 0.717) is 6.54 Å². The molecular formula is C14H16F4N2S. The molecule has 1 heterocycles. The van der Waals surface area contributed by atoms with Crippen molar-refractivity contribution >= 4 is 22.6 Å². The molecule has 7 heteroatoms. The second-order valence-electron chi connectivity index (χ2n) is 5.09. The van der Waals surface area contributed by atoms with Crippen molar-refractivity contribution in [2.24, 2.45) is 10.4 Å². The van der Waals surface area contributed by atoms with Gasteiger partial charge < -0.3 is 5.32 Å². The maximum absolute atomic E-state index is 13.6. The minimum absolute atomic E-state index is 0.0696. The van der Waals surface area contributed by atoms with E-state index in [1.807, 2.05) is 0 Å². The lowest BCUT2D eigenvalue weighted by Gasteiger charge is -2.33. The number of benzene rings is 1. The van der Waals surface area contributed by atoms with Crippen molar-refractivity contribution < 1.29 is 17.6 Å². The summed E-state index contributed by atoms with van der Waals surface area (Å²) in [4.78, 5) is 4.25. The van der Waals surface area contributed by atoms with Crippen LogP contribution in [0.5, 0.6) is 0 Å². The number of rotatable bonds is 3. The number of hydrogen-bond acceptors (Lipinski definition) is 3. The molecule has 0 saturated heterocycles. The number of aliphatic imine (C=N–C) groups is 1. The molecule has 21 heavy (non-hydrogen) atoms. The van der Waals surface area contributed by atoms with Crippen molar-refractivity contribution in [1.29, 1.82) is 0 Å². The van der Waals surface area contributed by atoms with E-state index in [-0.39, 0.29) is 16.6 Å². The highest BCUT2D eigenvalue weighted by Crippen LogP contribution is 2.36. The predicted octanol–water partition coefficient (Wildman–Crippen LogP) is 4.56. The molecular weight excluding hydrogens is 304 g/mol. The molecule has 0 saturated carbocycles. The number of thioether (sulfide) groups is 1. The van der Waals surface area contributed by atoms with Crippen molar-refractivity contribution in [3.05, 3.63) is 29.3 Å². The van der Waals surface area contributed by atoms with E-state index in [1.54, 1.807) is 0 Å². The van der Waals surface area contributed by atoms with Crippen molar-refractivity contribution in [3.8, 4) is 0 Å². The van der Waals surface area contributed by atoms with E-state index < -0.39 is 29.0 Å². The minimum atomic E-state index is -1.44. The fourth-order valence-corrected chi connectivity index (χ4v) is 3.37. The largest absolute Gasteiger partial charge is 0.330 e. The normalized spacial score (nSPS) is 17.5. The maximum Gasteiger partial charge on any atom is 0.185 e. The number of hydrogen-bond donors (Lipinski definition) is 1. The van der Waals surface area contributed by atoms with Gasteiger partial charge >= 0.3 is 0 Å². The lowest BCUT2D eigenvalue weighted by atomic mass is 9.84. The molecule has 0 amide bonds. The first-order valence-electron chi connectivity index (χ1n) is 6.69. The molecule has 1 N–H and O–H groups in total.